The highest BCUT2D eigenvalue weighted by atomic mass is 35.5. The molecule has 4 rings (SSSR count). The highest BCUT2D eigenvalue weighted by Gasteiger charge is 2.32. The molecule has 0 radical (unpaired) electrons. The number of nitrogens with zero attached hydrogens (tertiary/aromatic N) is 1. The molecule has 2 heterocycles. The fraction of sp³-hybridized carbons (Fsp3) is 0.292. The fourth-order valence-electron chi connectivity index (χ4n) is 3.99. The van der Waals surface area contributed by atoms with E-state index >= 15 is 0 Å². The highest BCUT2D eigenvalue weighted by Crippen LogP contribution is 2.28. The van der Waals surface area contributed by atoms with E-state index in [0.717, 1.165) is 16.7 Å². The normalized spacial score (nSPS) is 16.5. The number of sulfonamides is 1. The molecule has 3 aromatic rings. The largest absolute Gasteiger partial charge is 0.345 e. The first-order valence-corrected chi connectivity index (χ1v) is 13.4. The average molecular weight is 489 g/mol. The smallest absolute Gasteiger partial charge is 0.223 e. The third-order valence-corrected chi connectivity index (χ3v) is 8.58. The Kier molecular flexibility index (Phi) is 7.30. The van der Waals surface area contributed by atoms with Crippen LogP contribution in [0.1, 0.15) is 35.6 Å². The van der Waals surface area contributed by atoms with E-state index < -0.39 is 10.0 Å². The maximum Gasteiger partial charge on any atom is 0.223 e. The van der Waals surface area contributed by atoms with Crippen LogP contribution in [0.15, 0.2) is 71.4 Å². The second-order valence-electron chi connectivity index (χ2n) is 7.96. The van der Waals surface area contributed by atoms with Crippen LogP contribution in [-0.2, 0) is 20.6 Å². The van der Waals surface area contributed by atoms with Crippen LogP contribution < -0.4 is 5.32 Å². The number of hydrogen-bond acceptors (Lipinski definition) is 4. The van der Waals surface area contributed by atoms with Crippen molar-refractivity contribution < 1.29 is 13.2 Å². The molecule has 0 spiro atoms. The number of carbonyl (C=O) groups is 1. The summed E-state index contributed by atoms with van der Waals surface area (Å²) in [6.45, 7) is 0.717. The lowest BCUT2D eigenvalue weighted by Gasteiger charge is -2.31. The molecule has 8 heteroatoms. The van der Waals surface area contributed by atoms with Gasteiger partial charge in [-0.15, -0.1) is 0 Å². The van der Waals surface area contributed by atoms with Gasteiger partial charge in [-0.1, -0.05) is 54.1 Å². The van der Waals surface area contributed by atoms with E-state index in [2.05, 4.69) is 5.32 Å². The average Bonchev–Trinajstić information content (AvgIpc) is 3.33. The Hall–Kier alpha value is -2.19. The lowest BCUT2D eigenvalue weighted by atomic mass is 9.95. The zero-order valence-electron chi connectivity index (χ0n) is 17.5. The van der Waals surface area contributed by atoms with Crippen LogP contribution in [0.25, 0.3) is 0 Å². The first kappa shape index (κ1) is 23.0. The number of hydrogen-bond donors (Lipinski definition) is 1. The molecule has 2 aromatic carbocycles. The first-order valence-electron chi connectivity index (χ1n) is 10.5. The fourth-order valence-corrected chi connectivity index (χ4v) is 6.36. The van der Waals surface area contributed by atoms with E-state index in [1.165, 1.54) is 4.31 Å². The Morgan fingerprint density at radius 3 is 2.34 bits per heavy atom. The van der Waals surface area contributed by atoms with E-state index in [9.17, 15) is 13.2 Å². The third kappa shape index (κ3) is 5.59. The van der Waals surface area contributed by atoms with Crippen LogP contribution in [0.4, 0.5) is 0 Å². The molecular weight excluding hydrogens is 464 g/mol. The molecule has 5 nitrogen and oxygen atoms in total. The van der Waals surface area contributed by atoms with Crippen LogP contribution in [0.5, 0.6) is 0 Å². The van der Waals surface area contributed by atoms with Crippen LogP contribution in [0.2, 0.25) is 5.02 Å². The van der Waals surface area contributed by atoms with Gasteiger partial charge >= 0.3 is 0 Å². The maximum atomic E-state index is 13.1. The minimum absolute atomic E-state index is 0.0124. The Morgan fingerprint density at radius 2 is 1.72 bits per heavy atom. The van der Waals surface area contributed by atoms with E-state index in [-0.39, 0.29) is 23.6 Å². The van der Waals surface area contributed by atoms with Crippen LogP contribution in [0, 0.1) is 5.92 Å². The van der Waals surface area contributed by atoms with Gasteiger partial charge in [0.25, 0.3) is 0 Å². The lowest BCUT2D eigenvalue weighted by Crippen LogP contribution is -2.44. The molecule has 0 aliphatic carbocycles. The van der Waals surface area contributed by atoms with Crippen LogP contribution in [0.3, 0.4) is 0 Å². The second kappa shape index (κ2) is 10.2. The summed E-state index contributed by atoms with van der Waals surface area (Å²) in [6, 6.07) is 18.4. The molecule has 1 amide bonds. The van der Waals surface area contributed by atoms with Gasteiger partial charge in [0.05, 0.1) is 11.8 Å². The molecule has 1 saturated heterocycles. The van der Waals surface area contributed by atoms with Crippen LogP contribution >= 0.6 is 22.9 Å². The Balaban J connectivity index is 1.39. The van der Waals surface area contributed by atoms with Gasteiger partial charge in [-0.2, -0.15) is 11.3 Å². The summed E-state index contributed by atoms with van der Waals surface area (Å²) in [4.78, 5) is 13.1. The lowest BCUT2D eigenvalue weighted by molar-refractivity contribution is -0.126. The van der Waals surface area contributed by atoms with E-state index in [1.807, 2.05) is 71.4 Å². The number of amides is 1. The van der Waals surface area contributed by atoms with Gasteiger partial charge in [0, 0.05) is 24.0 Å². The van der Waals surface area contributed by atoms with E-state index in [4.69, 9.17) is 11.6 Å². The SMILES string of the molecule is O=C(NC(c1ccc(Cl)cc1)c1ccsc1)C1CCN(S(=O)(=O)Cc2ccccc2)CC1. The minimum Gasteiger partial charge on any atom is -0.345 e. The quantitative estimate of drug-likeness (QED) is 0.517. The topological polar surface area (TPSA) is 66.5 Å². The number of halogens is 1. The molecule has 168 valence electrons. The van der Waals surface area contributed by atoms with Gasteiger partial charge in [0.15, 0.2) is 0 Å². The van der Waals surface area contributed by atoms with Crippen molar-refractivity contribution in [3.8, 4) is 0 Å². The maximum absolute atomic E-state index is 13.1. The van der Waals surface area contributed by atoms with Crippen molar-refractivity contribution in [3.05, 3.63) is 93.1 Å². The predicted molar refractivity (Wildman–Crippen MR) is 129 cm³/mol. The Labute approximate surface area is 198 Å². The number of thiophene rings is 1. The predicted octanol–water partition coefficient (Wildman–Crippen LogP) is 4.85. The van der Waals surface area contributed by atoms with Gasteiger partial charge in [0.2, 0.25) is 15.9 Å². The highest BCUT2D eigenvalue weighted by molar-refractivity contribution is 7.88. The summed E-state index contributed by atoms with van der Waals surface area (Å²) in [5.74, 6) is -0.274. The number of carbonyl (C=O) groups excluding carboxylic acids is 1. The van der Waals surface area contributed by atoms with Crippen molar-refractivity contribution in [3.63, 3.8) is 0 Å². The summed E-state index contributed by atoms with van der Waals surface area (Å²) < 4.78 is 27.1. The molecular formula is C24H25ClN2O3S2. The molecule has 32 heavy (non-hydrogen) atoms. The first-order chi connectivity index (χ1) is 15.4. The number of piperidine rings is 1. The Bertz CT molecular complexity index is 1130. The second-order valence-corrected chi connectivity index (χ2v) is 11.2. The van der Waals surface area contributed by atoms with Gasteiger partial charge in [-0.05, 0) is 58.5 Å². The van der Waals surface area contributed by atoms with Gasteiger partial charge in [-0.25, -0.2) is 12.7 Å². The van der Waals surface area contributed by atoms with Crippen molar-refractivity contribution in [2.24, 2.45) is 5.92 Å². The molecule has 0 saturated carbocycles. The number of rotatable bonds is 7. The summed E-state index contributed by atoms with van der Waals surface area (Å²) in [5, 5.41) is 7.83. The zero-order valence-corrected chi connectivity index (χ0v) is 19.9. The summed E-state index contributed by atoms with van der Waals surface area (Å²) >= 11 is 7.61. The number of benzene rings is 2. The molecule has 1 atom stereocenters. The monoisotopic (exact) mass is 488 g/mol. The van der Waals surface area contributed by atoms with Gasteiger partial charge < -0.3 is 5.32 Å². The molecule has 1 aromatic heterocycles. The molecule has 1 aliphatic rings. The molecule has 1 unspecified atom stereocenters. The standard InChI is InChI=1S/C24H25ClN2O3S2/c25-22-8-6-19(7-9-22)23(21-12-15-31-16-21)26-24(28)20-10-13-27(14-11-20)32(29,30)17-18-4-2-1-3-5-18/h1-9,12,15-16,20,23H,10-11,13-14,17H2,(H,26,28). The minimum atomic E-state index is -3.40. The van der Waals surface area contributed by atoms with Gasteiger partial charge in [-0.3, -0.25) is 4.79 Å². The summed E-state index contributed by atoms with van der Waals surface area (Å²) in [7, 11) is -3.40. The van der Waals surface area contributed by atoms with Crippen molar-refractivity contribution in [1.82, 2.24) is 9.62 Å². The van der Waals surface area contributed by atoms with Crippen LogP contribution in [-0.4, -0.2) is 31.7 Å². The van der Waals surface area contributed by atoms with E-state index in [0.29, 0.717) is 31.0 Å². The molecule has 0 bridgehead atoms. The van der Waals surface area contributed by atoms with E-state index in [1.54, 1.807) is 11.3 Å². The number of nitrogens with one attached hydrogen (secondary N) is 1. The van der Waals surface area contributed by atoms with Crippen molar-refractivity contribution in [1.29, 1.82) is 0 Å². The summed E-state index contributed by atoms with van der Waals surface area (Å²) in [5.41, 5.74) is 2.76. The molecule has 1 N–H and O–H groups in total. The van der Waals surface area contributed by atoms with Gasteiger partial charge in [0.1, 0.15) is 0 Å². The molecule has 1 fully saturated rings. The summed E-state index contributed by atoms with van der Waals surface area (Å²) in [6.07, 6.45) is 1.02. The zero-order chi connectivity index (χ0) is 22.6. The third-order valence-electron chi connectivity index (χ3n) is 5.78. The van der Waals surface area contributed by atoms with Crippen molar-refractivity contribution in [2.75, 3.05) is 13.1 Å². The van der Waals surface area contributed by atoms with Crippen molar-refractivity contribution in [2.45, 2.75) is 24.6 Å². The van der Waals surface area contributed by atoms with Crippen molar-refractivity contribution >= 4 is 38.9 Å². The molecule has 1 aliphatic heterocycles. The Morgan fingerprint density at radius 1 is 1.03 bits per heavy atom.